The first kappa shape index (κ1) is 13.4. The van der Waals surface area contributed by atoms with Gasteiger partial charge in [0.25, 0.3) is 5.91 Å². The van der Waals surface area contributed by atoms with E-state index in [0.717, 1.165) is 27.5 Å². The van der Waals surface area contributed by atoms with Crippen molar-refractivity contribution in [3.63, 3.8) is 0 Å². The van der Waals surface area contributed by atoms with Crippen LogP contribution in [-0.4, -0.2) is 19.1 Å². The minimum Gasteiger partial charge on any atom is -0.484 e. The smallest absolute Gasteiger partial charge is 0.257 e. The number of halogens is 1. The molecule has 0 unspecified atom stereocenters. The molecule has 1 amide bonds. The molecule has 1 aliphatic rings. The number of carbonyl (C=O) groups excluding carboxylic acids is 1. The Morgan fingerprint density at radius 3 is 2.75 bits per heavy atom. The Kier molecular flexibility index (Phi) is 3.92. The molecule has 0 atom stereocenters. The van der Waals surface area contributed by atoms with Gasteiger partial charge in [0.15, 0.2) is 6.61 Å². The lowest BCUT2D eigenvalue weighted by molar-refractivity contribution is -0.123. The number of nitrogens with one attached hydrogen (secondary N) is 1. The van der Waals surface area contributed by atoms with Crippen LogP contribution in [0, 0.1) is 5.92 Å². The molecule has 0 saturated heterocycles. The van der Waals surface area contributed by atoms with Gasteiger partial charge in [-0.1, -0.05) is 28.1 Å². The number of hydrogen-bond acceptors (Lipinski definition) is 2. The summed E-state index contributed by atoms with van der Waals surface area (Å²) in [5.74, 6) is 1.37. The Labute approximate surface area is 126 Å². The van der Waals surface area contributed by atoms with Crippen molar-refractivity contribution in [3.8, 4) is 5.75 Å². The van der Waals surface area contributed by atoms with Crippen molar-refractivity contribution in [2.75, 3.05) is 13.2 Å². The van der Waals surface area contributed by atoms with Gasteiger partial charge in [-0.05, 0) is 53.8 Å². The van der Waals surface area contributed by atoms with E-state index in [2.05, 4.69) is 27.3 Å². The van der Waals surface area contributed by atoms with E-state index in [-0.39, 0.29) is 12.5 Å². The largest absolute Gasteiger partial charge is 0.484 e. The second kappa shape index (κ2) is 5.83. The van der Waals surface area contributed by atoms with E-state index in [1.807, 2.05) is 30.3 Å². The van der Waals surface area contributed by atoms with Crippen molar-refractivity contribution in [3.05, 3.63) is 40.9 Å². The minimum absolute atomic E-state index is 0.0483. The summed E-state index contributed by atoms with van der Waals surface area (Å²) in [6, 6.07) is 11.9. The van der Waals surface area contributed by atoms with Gasteiger partial charge < -0.3 is 10.1 Å². The van der Waals surface area contributed by atoms with Crippen molar-refractivity contribution >= 4 is 32.6 Å². The number of hydrogen-bond donors (Lipinski definition) is 1. The van der Waals surface area contributed by atoms with Crippen LogP contribution in [0.5, 0.6) is 5.75 Å². The maximum atomic E-state index is 11.6. The molecule has 1 saturated carbocycles. The Bertz CT molecular complexity index is 637. The van der Waals surface area contributed by atoms with E-state index in [9.17, 15) is 4.79 Å². The first-order valence-corrected chi connectivity index (χ1v) is 7.59. The first-order valence-electron chi connectivity index (χ1n) is 6.79. The van der Waals surface area contributed by atoms with E-state index in [0.29, 0.717) is 5.92 Å². The van der Waals surface area contributed by atoms with Crippen LogP contribution < -0.4 is 10.1 Å². The van der Waals surface area contributed by atoms with Gasteiger partial charge in [0.2, 0.25) is 0 Å². The molecule has 3 rings (SSSR count). The fourth-order valence-electron chi connectivity index (χ4n) is 2.06. The zero-order chi connectivity index (χ0) is 13.9. The molecule has 0 spiro atoms. The number of fused-ring (bicyclic) bond motifs is 1. The quantitative estimate of drug-likeness (QED) is 0.909. The molecule has 0 heterocycles. The number of benzene rings is 2. The molecule has 0 radical (unpaired) electrons. The highest BCUT2D eigenvalue weighted by Gasteiger charge is 2.21. The average molecular weight is 334 g/mol. The predicted octanol–water partition coefficient (Wildman–Crippen LogP) is 3.51. The molecule has 20 heavy (non-hydrogen) atoms. The van der Waals surface area contributed by atoms with Crippen molar-refractivity contribution in [1.82, 2.24) is 5.32 Å². The highest BCUT2D eigenvalue weighted by atomic mass is 79.9. The lowest BCUT2D eigenvalue weighted by atomic mass is 10.1. The topological polar surface area (TPSA) is 38.3 Å². The van der Waals surface area contributed by atoms with Crippen molar-refractivity contribution < 1.29 is 9.53 Å². The van der Waals surface area contributed by atoms with Crippen LogP contribution in [-0.2, 0) is 4.79 Å². The van der Waals surface area contributed by atoms with Gasteiger partial charge in [0.1, 0.15) is 5.75 Å². The summed E-state index contributed by atoms with van der Waals surface area (Å²) in [6.45, 7) is 0.864. The molecule has 104 valence electrons. The lowest BCUT2D eigenvalue weighted by Gasteiger charge is -2.08. The monoisotopic (exact) mass is 333 g/mol. The van der Waals surface area contributed by atoms with Gasteiger partial charge in [-0.3, -0.25) is 4.79 Å². The first-order chi connectivity index (χ1) is 9.70. The normalized spacial score (nSPS) is 14.2. The Balaban J connectivity index is 1.59. The molecule has 2 aromatic carbocycles. The van der Waals surface area contributed by atoms with Crippen molar-refractivity contribution in [2.45, 2.75) is 12.8 Å². The van der Waals surface area contributed by atoms with Gasteiger partial charge >= 0.3 is 0 Å². The van der Waals surface area contributed by atoms with Crippen molar-refractivity contribution in [1.29, 1.82) is 0 Å². The molecule has 3 nitrogen and oxygen atoms in total. The number of ether oxygens (including phenoxy) is 1. The average Bonchev–Trinajstić information content (AvgIpc) is 3.27. The molecule has 0 aromatic heterocycles. The highest BCUT2D eigenvalue weighted by Crippen LogP contribution is 2.27. The predicted molar refractivity (Wildman–Crippen MR) is 82.9 cm³/mol. The maximum Gasteiger partial charge on any atom is 0.257 e. The van der Waals surface area contributed by atoms with Crippen molar-refractivity contribution in [2.24, 2.45) is 5.92 Å². The van der Waals surface area contributed by atoms with Gasteiger partial charge in [0, 0.05) is 11.0 Å². The van der Waals surface area contributed by atoms with Gasteiger partial charge in [-0.15, -0.1) is 0 Å². The van der Waals surface area contributed by atoms with Crippen LogP contribution in [0.15, 0.2) is 40.9 Å². The van der Waals surface area contributed by atoms with Crippen LogP contribution in [0.1, 0.15) is 12.8 Å². The summed E-state index contributed by atoms with van der Waals surface area (Å²) in [5, 5.41) is 5.13. The second-order valence-electron chi connectivity index (χ2n) is 5.19. The molecular formula is C16H16BrNO2. The maximum absolute atomic E-state index is 11.6. The summed E-state index contributed by atoms with van der Waals surface area (Å²) in [6.07, 6.45) is 2.47. The van der Waals surface area contributed by atoms with E-state index in [1.54, 1.807) is 0 Å². The molecule has 0 bridgehead atoms. The standard InChI is InChI=1S/C16H16BrNO2/c17-14-5-3-13-8-15(6-4-12(13)7-14)20-10-16(19)18-9-11-1-2-11/h3-8,11H,1-2,9-10H2,(H,18,19). The van der Waals surface area contributed by atoms with E-state index >= 15 is 0 Å². The molecule has 1 fully saturated rings. The summed E-state index contributed by atoms with van der Waals surface area (Å²) in [5.41, 5.74) is 0. The lowest BCUT2D eigenvalue weighted by Crippen LogP contribution is -2.30. The van der Waals surface area contributed by atoms with Crippen LogP contribution in [0.25, 0.3) is 10.8 Å². The molecule has 2 aromatic rings. The Hall–Kier alpha value is -1.55. The zero-order valence-electron chi connectivity index (χ0n) is 11.1. The number of carbonyl (C=O) groups is 1. The van der Waals surface area contributed by atoms with E-state index in [4.69, 9.17) is 4.74 Å². The fraction of sp³-hybridized carbons (Fsp3) is 0.312. The fourth-order valence-corrected chi connectivity index (χ4v) is 2.44. The number of rotatable bonds is 5. The SMILES string of the molecule is O=C(COc1ccc2cc(Br)ccc2c1)NCC1CC1. The van der Waals surface area contributed by atoms with Gasteiger partial charge in [0.05, 0.1) is 0 Å². The van der Waals surface area contributed by atoms with E-state index in [1.165, 1.54) is 12.8 Å². The van der Waals surface area contributed by atoms with Gasteiger partial charge in [-0.2, -0.15) is 0 Å². The third-order valence-corrected chi connectivity index (χ3v) is 3.92. The Morgan fingerprint density at radius 2 is 1.95 bits per heavy atom. The summed E-state index contributed by atoms with van der Waals surface area (Å²) >= 11 is 3.45. The van der Waals surface area contributed by atoms with Crippen LogP contribution in [0.2, 0.25) is 0 Å². The molecule has 0 aliphatic heterocycles. The Morgan fingerprint density at radius 1 is 1.20 bits per heavy atom. The highest BCUT2D eigenvalue weighted by molar-refractivity contribution is 9.10. The molecule has 4 heteroatoms. The summed E-state index contributed by atoms with van der Waals surface area (Å²) in [4.78, 5) is 11.6. The minimum atomic E-state index is -0.0483. The third kappa shape index (κ3) is 3.51. The van der Waals surface area contributed by atoms with Crippen LogP contribution in [0.4, 0.5) is 0 Å². The molecule has 1 aliphatic carbocycles. The number of amides is 1. The zero-order valence-corrected chi connectivity index (χ0v) is 12.7. The molecule has 1 N–H and O–H groups in total. The summed E-state index contributed by atoms with van der Waals surface area (Å²) in [7, 11) is 0. The third-order valence-electron chi connectivity index (χ3n) is 3.43. The molecular weight excluding hydrogens is 318 g/mol. The second-order valence-corrected chi connectivity index (χ2v) is 6.11. The van der Waals surface area contributed by atoms with Crippen LogP contribution in [0.3, 0.4) is 0 Å². The van der Waals surface area contributed by atoms with Crippen LogP contribution >= 0.6 is 15.9 Å². The van der Waals surface area contributed by atoms with Gasteiger partial charge in [-0.25, -0.2) is 0 Å². The summed E-state index contributed by atoms with van der Waals surface area (Å²) < 4.78 is 6.59. The van der Waals surface area contributed by atoms with E-state index < -0.39 is 0 Å².